The lowest BCUT2D eigenvalue weighted by atomic mass is 10.1. The lowest BCUT2D eigenvalue weighted by molar-refractivity contribution is 0.0922. The van der Waals surface area contributed by atoms with Crippen LogP contribution in [0.4, 0.5) is 8.78 Å². The zero-order valence-corrected chi connectivity index (χ0v) is 10.6. The third kappa shape index (κ3) is 3.92. The van der Waals surface area contributed by atoms with Crippen LogP contribution in [-0.4, -0.2) is 31.5 Å². The van der Waals surface area contributed by atoms with Gasteiger partial charge in [-0.25, -0.2) is 8.78 Å². The second kappa shape index (κ2) is 7.28. The molecule has 0 radical (unpaired) electrons. The minimum absolute atomic E-state index is 0.144. The summed E-state index contributed by atoms with van der Waals surface area (Å²) in [6, 6.07) is 2.87. The van der Waals surface area contributed by atoms with Crippen LogP contribution in [-0.2, 0) is 4.74 Å². The third-order valence-electron chi connectivity index (χ3n) is 2.38. The van der Waals surface area contributed by atoms with Gasteiger partial charge in [0.2, 0.25) is 0 Å². The molecule has 0 aliphatic carbocycles. The molecule has 1 aromatic carbocycles. The van der Waals surface area contributed by atoms with Gasteiger partial charge in [0, 0.05) is 25.6 Å². The van der Waals surface area contributed by atoms with Gasteiger partial charge < -0.3 is 10.1 Å². The molecule has 1 aromatic rings. The van der Waals surface area contributed by atoms with Crippen LogP contribution in [0.1, 0.15) is 16.8 Å². The van der Waals surface area contributed by atoms with Crippen LogP contribution in [0.2, 0.25) is 0 Å². The first-order chi connectivity index (χ1) is 8.60. The summed E-state index contributed by atoms with van der Waals surface area (Å²) in [4.78, 5) is 11.7. The van der Waals surface area contributed by atoms with Gasteiger partial charge >= 0.3 is 0 Å². The highest BCUT2D eigenvalue weighted by Gasteiger charge is 2.19. The number of hydrogen-bond donors (Lipinski definition) is 1. The average Bonchev–Trinajstić information content (AvgIpc) is 2.34. The molecule has 0 aromatic heterocycles. The highest BCUT2D eigenvalue weighted by molar-refractivity contribution is 6.18. The van der Waals surface area contributed by atoms with E-state index in [9.17, 15) is 13.6 Å². The van der Waals surface area contributed by atoms with E-state index < -0.39 is 29.1 Å². The molecule has 1 N–H and O–H groups in total. The van der Waals surface area contributed by atoms with E-state index in [1.54, 1.807) is 0 Å². The Morgan fingerprint density at radius 2 is 2.06 bits per heavy atom. The summed E-state index contributed by atoms with van der Waals surface area (Å²) >= 11 is 5.66. The zero-order valence-electron chi connectivity index (χ0n) is 9.88. The average molecular weight is 278 g/mol. The number of alkyl halides is 1. The first-order valence-electron chi connectivity index (χ1n) is 5.40. The summed E-state index contributed by atoms with van der Waals surface area (Å²) < 4.78 is 31.5. The Kier molecular flexibility index (Phi) is 6.01. The molecule has 0 aliphatic rings. The van der Waals surface area contributed by atoms with E-state index in [2.05, 4.69) is 5.32 Å². The van der Waals surface area contributed by atoms with Crippen molar-refractivity contribution in [1.82, 2.24) is 5.32 Å². The molecule has 1 rings (SSSR count). The second-order valence-corrected chi connectivity index (χ2v) is 4.01. The quantitative estimate of drug-likeness (QED) is 0.811. The fourth-order valence-corrected chi connectivity index (χ4v) is 1.65. The summed E-state index contributed by atoms with van der Waals surface area (Å²) in [5, 5.41) is 2.47. The molecule has 100 valence electrons. The number of nitrogens with one attached hydrogen (secondary N) is 1. The molecule has 6 heteroatoms. The van der Waals surface area contributed by atoms with Crippen molar-refractivity contribution in [1.29, 1.82) is 0 Å². The summed E-state index contributed by atoms with van der Waals surface area (Å²) in [6.45, 7) is 0.400. The highest BCUT2D eigenvalue weighted by Crippen LogP contribution is 2.12. The molecular formula is C12H14ClF2NO2. The van der Waals surface area contributed by atoms with Crippen LogP contribution in [0.3, 0.4) is 0 Å². The molecule has 0 heterocycles. The number of methoxy groups -OCH3 is 1. The number of ether oxygens (including phenoxy) is 1. The number of carbonyl (C=O) groups excluding carboxylic acids is 1. The Bertz CT molecular complexity index is 395. The molecule has 0 saturated carbocycles. The molecule has 0 saturated heterocycles. The first kappa shape index (κ1) is 14.9. The van der Waals surface area contributed by atoms with Gasteiger partial charge in [0.15, 0.2) is 0 Å². The van der Waals surface area contributed by atoms with Crippen molar-refractivity contribution in [3.05, 3.63) is 35.4 Å². The fourth-order valence-electron chi connectivity index (χ4n) is 1.42. The Balaban J connectivity index is 2.75. The van der Waals surface area contributed by atoms with Gasteiger partial charge in [-0.15, -0.1) is 11.6 Å². The Morgan fingerprint density at radius 1 is 1.44 bits per heavy atom. The van der Waals surface area contributed by atoms with E-state index in [1.807, 2.05) is 0 Å². The third-order valence-corrected chi connectivity index (χ3v) is 2.75. The summed E-state index contributed by atoms with van der Waals surface area (Å²) in [5.41, 5.74) is -0.593. The normalized spacial score (nSPS) is 12.2. The van der Waals surface area contributed by atoms with Gasteiger partial charge in [0.05, 0.1) is 0 Å². The Morgan fingerprint density at radius 3 is 2.56 bits per heavy atom. The van der Waals surface area contributed by atoms with Gasteiger partial charge in [-0.05, 0) is 18.6 Å². The maximum atomic E-state index is 13.3. The first-order valence-corrected chi connectivity index (χ1v) is 5.93. The smallest absolute Gasteiger partial charge is 0.257 e. The molecule has 1 amide bonds. The lowest BCUT2D eigenvalue weighted by Gasteiger charge is -2.16. The van der Waals surface area contributed by atoms with Gasteiger partial charge in [-0.1, -0.05) is 6.07 Å². The monoisotopic (exact) mass is 277 g/mol. The van der Waals surface area contributed by atoms with E-state index in [1.165, 1.54) is 13.2 Å². The number of carbonyl (C=O) groups is 1. The van der Waals surface area contributed by atoms with Gasteiger partial charge in [0.25, 0.3) is 5.91 Å². The van der Waals surface area contributed by atoms with Crippen LogP contribution < -0.4 is 5.32 Å². The molecule has 0 bridgehead atoms. The highest BCUT2D eigenvalue weighted by atomic mass is 35.5. The Hall–Kier alpha value is -1.20. The largest absolute Gasteiger partial charge is 0.385 e. The predicted molar refractivity (Wildman–Crippen MR) is 64.8 cm³/mol. The van der Waals surface area contributed by atoms with E-state index in [0.29, 0.717) is 13.0 Å². The summed E-state index contributed by atoms with van der Waals surface area (Å²) in [6.07, 6.45) is 0.474. The Labute approximate surface area is 109 Å². The van der Waals surface area contributed by atoms with E-state index in [0.717, 1.165) is 12.1 Å². The number of hydrogen-bond acceptors (Lipinski definition) is 2. The van der Waals surface area contributed by atoms with Crippen molar-refractivity contribution in [2.24, 2.45) is 0 Å². The van der Waals surface area contributed by atoms with Gasteiger partial charge in [-0.2, -0.15) is 0 Å². The lowest BCUT2D eigenvalue weighted by Crippen LogP contribution is -2.37. The van der Waals surface area contributed by atoms with Crippen molar-refractivity contribution in [3.63, 3.8) is 0 Å². The fraction of sp³-hybridized carbons (Fsp3) is 0.417. The summed E-state index contributed by atoms with van der Waals surface area (Å²) in [7, 11) is 1.52. The minimum Gasteiger partial charge on any atom is -0.385 e. The number of rotatable bonds is 6. The van der Waals surface area contributed by atoms with Gasteiger partial charge in [-0.3, -0.25) is 4.79 Å². The molecule has 1 atom stereocenters. The summed E-state index contributed by atoms with van der Waals surface area (Å²) in [5.74, 6) is -2.46. The van der Waals surface area contributed by atoms with Crippen LogP contribution in [0.25, 0.3) is 0 Å². The van der Waals surface area contributed by atoms with Crippen LogP contribution in [0.5, 0.6) is 0 Å². The molecular weight excluding hydrogens is 264 g/mol. The standard InChI is InChI=1S/C12H14ClF2NO2/c1-18-6-5-8(7-13)16-12(17)11-9(14)3-2-4-10(11)15/h2-4,8H,5-7H2,1H3,(H,16,17). The number of benzene rings is 1. The van der Waals surface area contributed by atoms with Crippen molar-refractivity contribution < 1.29 is 18.3 Å². The van der Waals surface area contributed by atoms with Crippen molar-refractivity contribution >= 4 is 17.5 Å². The predicted octanol–water partition coefficient (Wildman–Crippen LogP) is 2.34. The molecule has 1 unspecified atom stereocenters. The van der Waals surface area contributed by atoms with Crippen molar-refractivity contribution in [3.8, 4) is 0 Å². The number of amides is 1. The maximum absolute atomic E-state index is 13.3. The van der Waals surface area contributed by atoms with E-state index in [-0.39, 0.29) is 5.88 Å². The second-order valence-electron chi connectivity index (χ2n) is 3.70. The minimum atomic E-state index is -0.896. The van der Waals surface area contributed by atoms with Crippen LogP contribution >= 0.6 is 11.6 Å². The maximum Gasteiger partial charge on any atom is 0.257 e. The molecule has 0 fully saturated rings. The number of halogens is 3. The van der Waals surface area contributed by atoms with E-state index in [4.69, 9.17) is 16.3 Å². The molecule has 18 heavy (non-hydrogen) atoms. The van der Waals surface area contributed by atoms with Crippen LogP contribution in [0, 0.1) is 11.6 Å². The van der Waals surface area contributed by atoms with E-state index >= 15 is 0 Å². The van der Waals surface area contributed by atoms with Crippen LogP contribution in [0.15, 0.2) is 18.2 Å². The molecule has 3 nitrogen and oxygen atoms in total. The zero-order chi connectivity index (χ0) is 13.5. The topological polar surface area (TPSA) is 38.3 Å². The molecule has 0 aliphatic heterocycles. The van der Waals surface area contributed by atoms with Gasteiger partial charge in [0.1, 0.15) is 17.2 Å². The molecule has 0 spiro atoms. The van der Waals surface area contributed by atoms with Crippen molar-refractivity contribution in [2.75, 3.05) is 19.6 Å². The SMILES string of the molecule is COCCC(CCl)NC(=O)c1c(F)cccc1F. The van der Waals surface area contributed by atoms with Crippen molar-refractivity contribution in [2.45, 2.75) is 12.5 Å².